The number of hydrogen-bond acceptors (Lipinski definition) is 3. The van der Waals surface area contributed by atoms with Gasteiger partial charge in [0.05, 0.1) is 7.11 Å². The molecule has 2 rings (SSSR count). The van der Waals surface area contributed by atoms with Crippen LogP contribution >= 0.6 is 0 Å². The Hall–Kier alpha value is -1.62. The summed E-state index contributed by atoms with van der Waals surface area (Å²) >= 11 is 0. The third kappa shape index (κ3) is 3.04. The molecule has 1 unspecified atom stereocenters. The van der Waals surface area contributed by atoms with Crippen LogP contribution in [0.3, 0.4) is 0 Å². The molecular formula is C14H18FNO3. The van der Waals surface area contributed by atoms with Crippen LogP contribution in [0.25, 0.3) is 0 Å². The van der Waals surface area contributed by atoms with Gasteiger partial charge in [0.15, 0.2) is 11.6 Å². The number of carbonyl (C=O) groups is 1. The van der Waals surface area contributed by atoms with E-state index in [9.17, 15) is 9.18 Å². The first-order chi connectivity index (χ1) is 9.15. The molecule has 1 aromatic rings. The minimum atomic E-state index is -0.473. The Morgan fingerprint density at radius 1 is 1.58 bits per heavy atom. The molecule has 0 saturated carbocycles. The van der Waals surface area contributed by atoms with Gasteiger partial charge < -0.3 is 14.7 Å². The van der Waals surface area contributed by atoms with E-state index in [1.807, 2.05) is 0 Å². The van der Waals surface area contributed by atoms with Crippen LogP contribution in [-0.4, -0.2) is 42.7 Å². The molecule has 1 fully saturated rings. The quantitative estimate of drug-likeness (QED) is 0.903. The number of nitrogens with zero attached hydrogens (tertiary/aromatic N) is 1. The Kier molecular flexibility index (Phi) is 4.37. The summed E-state index contributed by atoms with van der Waals surface area (Å²) in [5.41, 5.74) is 0.433. The first-order valence-corrected chi connectivity index (χ1v) is 6.39. The fourth-order valence-corrected chi connectivity index (χ4v) is 2.41. The summed E-state index contributed by atoms with van der Waals surface area (Å²) < 4.78 is 18.2. The number of aliphatic hydroxyl groups is 1. The predicted molar refractivity (Wildman–Crippen MR) is 68.7 cm³/mol. The zero-order valence-electron chi connectivity index (χ0n) is 10.9. The lowest BCUT2D eigenvalue weighted by molar-refractivity contribution is 0.0784. The second-order valence-corrected chi connectivity index (χ2v) is 4.77. The highest BCUT2D eigenvalue weighted by atomic mass is 19.1. The van der Waals surface area contributed by atoms with E-state index in [0.29, 0.717) is 24.6 Å². The van der Waals surface area contributed by atoms with Crippen molar-refractivity contribution in [3.05, 3.63) is 29.6 Å². The molecule has 1 atom stereocenters. The number of benzene rings is 1. The van der Waals surface area contributed by atoms with Gasteiger partial charge in [-0.1, -0.05) is 0 Å². The third-order valence-electron chi connectivity index (χ3n) is 3.51. The number of likely N-dealkylation sites (tertiary alicyclic amines) is 1. The van der Waals surface area contributed by atoms with E-state index in [2.05, 4.69) is 0 Å². The number of ether oxygens (including phenoxy) is 1. The van der Waals surface area contributed by atoms with Crippen LogP contribution in [0.2, 0.25) is 0 Å². The van der Waals surface area contributed by atoms with Crippen LogP contribution in [0.4, 0.5) is 4.39 Å². The fourth-order valence-electron chi connectivity index (χ4n) is 2.41. The normalized spacial score (nSPS) is 18.7. The van der Waals surface area contributed by atoms with Crippen molar-refractivity contribution in [2.75, 3.05) is 26.8 Å². The Bertz CT molecular complexity index is 464. The van der Waals surface area contributed by atoms with Gasteiger partial charge in [0, 0.05) is 25.3 Å². The van der Waals surface area contributed by atoms with Crippen LogP contribution in [-0.2, 0) is 0 Å². The Morgan fingerprint density at radius 2 is 2.37 bits per heavy atom. The van der Waals surface area contributed by atoms with E-state index in [1.165, 1.54) is 25.3 Å². The van der Waals surface area contributed by atoms with Crippen molar-refractivity contribution in [2.24, 2.45) is 5.92 Å². The zero-order chi connectivity index (χ0) is 13.8. The maximum absolute atomic E-state index is 13.3. The largest absolute Gasteiger partial charge is 0.494 e. The number of aliphatic hydroxyl groups excluding tert-OH is 1. The smallest absolute Gasteiger partial charge is 0.254 e. The standard InChI is InChI=1S/C14H18FNO3/c1-19-13-8-11(2-3-12(13)15)14(18)16-6-4-10(9-16)5-7-17/h2-3,8,10,17H,4-7,9H2,1H3. The Labute approximate surface area is 111 Å². The van der Waals surface area contributed by atoms with E-state index < -0.39 is 5.82 Å². The van der Waals surface area contributed by atoms with Crippen LogP contribution < -0.4 is 4.74 Å². The summed E-state index contributed by atoms with van der Waals surface area (Å²) in [6, 6.07) is 4.14. The van der Waals surface area contributed by atoms with E-state index >= 15 is 0 Å². The maximum Gasteiger partial charge on any atom is 0.254 e. The Morgan fingerprint density at radius 3 is 3.05 bits per heavy atom. The monoisotopic (exact) mass is 267 g/mol. The number of rotatable bonds is 4. The first kappa shape index (κ1) is 13.8. The lowest BCUT2D eigenvalue weighted by Crippen LogP contribution is -2.28. The van der Waals surface area contributed by atoms with E-state index in [-0.39, 0.29) is 18.3 Å². The molecule has 1 amide bonds. The lowest BCUT2D eigenvalue weighted by Gasteiger charge is -2.17. The second kappa shape index (κ2) is 6.02. The number of halogens is 1. The van der Waals surface area contributed by atoms with Crippen LogP contribution in [0.1, 0.15) is 23.2 Å². The van der Waals surface area contributed by atoms with Crippen molar-refractivity contribution < 1.29 is 19.0 Å². The first-order valence-electron chi connectivity index (χ1n) is 6.39. The molecule has 0 aliphatic carbocycles. The fraction of sp³-hybridized carbons (Fsp3) is 0.500. The van der Waals surface area contributed by atoms with E-state index in [1.54, 1.807) is 4.90 Å². The molecule has 1 heterocycles. The van der Waals surface area contributed by atoms with Gasteiger partial charge in [0.2, 0.25) is 0 Å². The molecule has 1 saturated heterocycles. The van der Waals surface area contributed by atoms with Gasteiger partial charge in [-0.3, -0.25) is 4.79 Å². The maximum atomic E-state index is 13.3. The van der Waals surface area contributed by atoms with Gasteiger partial charge in [-0.2, -0.15) is 0 Å². The minimum Gasteiger partial charge on any atom is -0.494 e. The van der Waals surface area contributed by atoms with Gasteiger partial charge >= 0.3 is 0 Å². The molecule has 1 aromatic carbocycles. The van der Waals surface area contributed by atoms with Crippen LogP contribution in [0.15, 0.2) is 18.2 Å². The molecule has 1 aliphatic rings. The molecule has 19 heavy (non-hydrogen) atoms. The van der Waals surface area contributed by atoms with Crippen LogP contribution in [0, 0.1) is 11.7 Å². The topological polar surface area (TPSA) is 49.8 Å². The van der Waals surface area contributed by atoms with Crippen molar-refractivity contribution in [3.63, 3.8) is 0 Å². The van der Waals surface area contributed by atoms with Gasteiger partial charge in [0.25, 0.3) is 5.91 Å². The van der Waals surface area contributed by atoms with Gasteiger partial charge in [-0.05, 0) is 37.0 Å². The summed E-state index contributed by atoms with van der Waals surface area (Å²) in [4.78, 5) is 14.0. The minimum absolute atomic E-state index is 0.0805. The highest BCUT2D eigenvalue weighted by Crippen LogP contribution is 2.23. The average Bonchev–Trinajstić information content (AvgIpc) is 2.87. The highest BCUT2D eigenvalue weighted by molar-refractivity contribution is 5.94. The number of hydrogen-bond donors (Lipinski definition) is 1. The van der Waals surface area contributed by atoms with Gasteiger partial charge in [0.1, 0.15) is 0 Å². The van der Waals surface area contributed by atoms with Crippen molar-refractivity contribution >= 4 is 5.91 Å². The SMILES string of the molecule is COc1cc(C(=O)N2CCC(CCO)C2)ccc1F. The molecule has 0 radical (unpaired) electrons. The average molecular weight is 267 g/mol. The summed E-state index contributed by atoms with van der Waals surface area (Å²) in [6.07, 6.45) is 1.63. The zero-order valence-corrected chi connectivity index (χ0v) is 10.9. The molecule has 0 spiro atoms. The van der Waals surface area contributed by atoms with Gasteiger partial charge in [-0.25, -0.2) is 4.39 Å². The molecule has 0 aromatic heterocycles. The van der Waals surface area contributed by atoms with Crippen molar-refractivity contribution in [1.29, 1.82) is 0 Å². The van der Waals surface area contributed by atoms with Crippen molar-refractivity contribution in [3.8, 4) is 5.75 Å². The lowest BCUT2D eigenvalue weighted by atomic mass is 10.1. The third-order valence-corrected chi connectivity index (χ3v) is 3.51. The molecule has 5 heteroatoms. The van der Waals surface area contributed by atoms with Crippen LogP contribution in [0.5, 0.6) is 5.75 Å². The Balaban J connectivity index is 2.08. The second-order valence-electron chi connectivity index (χ2n) is 4.77. The molecule has 1 aliphatic heterocycles. The predicted octanol–water partition coefficient (Wildman–Crippen LogP) is 1.68. The summed E-state index contributed by atoms with van der Waals surface area (Å²) in [7, 11) is 1.37. The summed E-state index contributed by atoms with van der Waals surface area (Å²) in [6.45, 7) is 1.49. The van der Waals surface area contributed by atoms with E-state index in [4.69, 9.17) is 9.84 Å². The summed E-state index contributed by atoms with van der Waals surface area (Å²) in [5.74, 6) is -0.148. The molecule has 1 N–H and O–H groups in total. The van der Waals surface area contributed by atoms with Crippen molar-refractivity contribution in [1.82, 2.24) is 4.90 Å². The van der Waals surface area contributed by atoms with Gasteiger partial charge in [-0.15, -0.1) is 0 Å². The summed E-state index contributed by atoms with van der Waals surface area (Å²) in [5, 5.41) is 8.91. The highest BCUT2D eigenvalue weighted by Gasteiger charge is 2.26. The molecule has 4 nitrogen and oxygen atoms in total. The number of amides is 1. The van der Waals surface area contributed by atoms with Crippen molar-refractivity contribution in [2.45, 2.75) is 12.8 Å². The number of carbonyl (C=O) groups excluding carboxylic acids is 1. The number of methoxy groups -OCH3 is 1. The van der Waals surface area contributed by atoms with E-state index in [0.717, 1.165) is 12.8 Å². The molecule has 104 valence electrons. The molecular weight excluding hydrogens is 249 g/mol. The molecule has 0 bridgehead atoms.